The van der Waals surface area contributed by atoms with Crippen molar-refractivity contribution in [3.8, 4) is 0 Å². The number of alkyl halides is 3. The molecule has 1 aromatic rings. The van der Waals surface area contributed by atoms with Crippen molar-refractivity contribution in [1.82, 2.24) is 9.80 Å². The van der Waals surface area contributed by atoms with Crippen LogP contribution >= 0.6 is 11.3 Å². The Bertz CT molecular complexity index is 588. The van der Waals surface area contributed by atoms with E-state index in [1.807, 2.05) is 16.8 Å². The number of carbonyl (C=O) groups excluding carboxylic acids is 2. The van der Waals surface area contributed by atoms with E-state index in [0.29, 0.717) is 6.54 Å². The van der Waals surface area contributed by atoms with Crippen molar-refractivity contribution < 1.29 is 22.8 Å². The Morgan fingerprint density at radius 2 is 2.17 bits per heavy atom. The summed E-state index contributed by atoms with van der Waals surface area (Å²) < 4.78 is 37.4. The zero-order valence-corrected chi connectivity index (χ0v) is 13.2. The summed E-state index contributed by atoms with van der Waals surface area (Å²) in [6, 6.07) is 1.96. The molecule has 0 aromatic carbocycles. The maximum Gasteiger partial charge on any atom is 0.406 e. The van der Waals surface area contributed by atoms with Gasteiger partial charge in [0.25, 0.3) is 0 Å². The van der Waals surface area contributed by atoms with Crippen LogP contribution in [-0.4, -0.2) is 47.4 Å². The molecule has 0 unspecified atom stereocenters. The number of thiophene rings is 1. The highest BCUT2D eigenvalue weighted by Crippen LogP contribution is 2.35. The molecule has 0 bridgehead atoms. The Morgan fingerprint density at radius 1 is 1.39 bits per heavy atom. The van der Waals surface area contributed by atoms with E-state index in [0.717, 1.165) is 23.3 Å². The second-order valence-electron chi connectivity index (χ2n) is 6.04. The third kappa shape index (κ3) is 3.52. The summed E-state index contributed by atoms with van der Waals surface area (Å²) in [4.78, 5) is 26.9. The first-order valence-corrected chi connectivity index (χ1v) is 8.46. The van der Waals surface area contributed by atoms with Crippen LogP contribution in [0.5, 0.6) is 0 Å². The summed E-state index contributed by atoms with van der Waals surface area (Å²) in [6.07, 6.45) is -2.82. The van der Waals surface area contributed by atoms with Gasteiger partial charge < -0.3 is 9.80 Å². The molecule has 4 nitrogen and oxygen atoms in total. The van der Waals surface area contributed by atoms with E-state index >= 15 is 0 Å². The van der Waals surface area contributed by atoms with Crippen LogP contribution in [0.1, 0.15) is 30.9 Å². The molecule has 2 atom stereocenters. The number of hydrogen-bond acceptors (Lipinski definition) is 3. The van der Waals surface area contributed by atoms with E-state index in [9.17, 15) is 22.8 Å². The largest absolute Gasteiger partial charge is 0.406 e. The summed E-state index contributed by atoms with van der Waals surface area (Å²) in [5, 5.41) is 3.94. The Morgan fingerprint density at radius 3 is 2.83 bits per heavy atom. The Balaban J connectivity index is 1.68. The molecule has 2 saturated heterocycles. The first kappa shape index (κ1) is 16.3. The average molecular weight is 346 g/mol. The quantitative estimate of drug-likeness (QED) is 0.844. The molecule has 0 saturated carbocycles. The minimum atomic E-state index is -4.43. The van der Waals surface area contributed by atoms with Gasteiger partial charge in [0.15, 0.2) is 0 Å². The van der Waals surface area contributed by atoms with Crippen LogP contribution in [0.15, 0.2) is 16.8 Å². The van der Waals surface area contributed by atoms with Gasteiger partial charge >= 0.3 is 6.18 Å². The molecule has 3 heterocycles. The SMILES string of the molecule is O=C1C[C@@H](C(=O)N2CCC[C@@H]2c2ccsc2)CN1CC(F)(F)F. The van der Waals surface area contributed by atoms with Crippen LogP contribution in [0.2, 0.25) is 0 Å². The van der Waals surface area contributed by atoms with Crippen molar-refractivity contribution >= 4 is 23.2 Å². The van der Waals surface area contributed by atoms with Gasteiger partial charge in [-0.15, -0.1) is 0 Å². The Labute approximate surface area is 135 Å². The van der Waals surface area contributed by atoms with Gasteiger partial charge in [-0.3, -0.25) is 9.59 Å². The first-order valence-electron chi connectivity index (χ1n) is 7.52. The molecule has 23 heavy (non-hydrogen) atoms. The predicted octanol–water partition coefficient (Wildman–Crippen LogP) is 2.82. The van der Waals surface area contributed by atoms with E-state index in [1.165, 1.54) is 0 Å². The lowest BCUT2D eigenvalue weighted by molar-refractivity contribution is -0.157. The summed E-state index contributed by atoms with van der Waals surface area (Å²) in [7, 11) is 0. The van der Waals surface area contributed by atoms with Gasteiger partial charge in [-0.25, -0.2) is 0 Å². The van der Waals surface area contributed by atoms with Crippen molar-refractivity contribution in [2.24, 2.45) is 5.92 Å². The summed E-state index contributed by atoms with van der Waals surface area (Å²) >= 11 is 1.55. The molecular weight excluding hydrogens is 329 g/mol. The summed E-state index contributed by atoms with van der Waals surface area (Å²) in [5.41, 5.74) is 1.07. The van der Waals surface area contributed by atoms with Crippen LogP contribution in [0, 0.1) is 5.92 Å². The summed E-state index contributed by atoms with van der Waals surface area (Å²) in [5.74, 6) is -1.45. The fourth-order valence-corrected chi connectivity index (χ4v) is 4.09. The fourth-order valence-electron chi connectivity index (χ4n) is 3.38. The Kier molecular flexibility index (Phi) is 4.35. The molecule has 2 amide bonds. The lowest BCUT2D eigenvalue weighted by atomic mass is 10.0. The number of hydrogen-bond donors (Lipinski definition) is 0. The summed E-state index contributed by atoms with van der Waals surface area (Å²) in [6.45, 7) is -0.809. The third-order valence-corrected chi connectivity index (χ3v) is 5.10. The van der Waals surface area contributed by atoms with E-state index in [1.54, 1.807) is 16.2 Å². The van der Waals surface area contributed by atoms with Gasteiger partial charge in [0.1, 0.15) is 6.54 Å². The molecular formula is C15H17F3N2O2S. The molecule has 0 spiro atoms. The van der Waals surface area contributed by atoms with Gasteiger partial charge in [-0.05, 0) is 35.2 Å². The zero-order chi connectivity index (χ0) is 16.6. The Hall–Kier alpha value is -1.57. The smallest absolute Gasteiger partial charge is 0.335 e. The molecule has 2 aliphatic rings. The highest BCUT2D eigenvalue weighted by Gasteiger charge is 2.43. The van der Waals surface area contributed by atoms with E-state index < -0.39 is 24.5 Å². The number of nitrogens with zero attached hydrogens (tertiary/aromatic N) is 2. The standard InChI is InChI=1S/C15H17F3N2O2S/c16-15(17,18)9-19-7-11(6-13(19)21)14(22)20-4-1-2-12(20)10-3-5-23-8-10/h3,5,8,11-12H,1-2,4,6-7,9H2/t11-,12-/m1/s1. The normalized spacial score (nSPS) is 25.4. The number of halogens is 3. The minimum Gasteiger partial charge on any atom is -0.335 e. The monoisotopic (exact) mass is 346 g/mol. The maximum absolute atomic E-state index is 12.7. The second-order valence-corrected chi connectivity index (χ2v) is 6.82. The number of amides is 2. The molecule has 126 valence electrons. The number of rotatable bonds is 3. The molecule has 8 heteroatoms. The third-order valence-electron chi connectivity index (χ3n) is 4.40. The fraction of sp³-hybridized carbons (Fsp3) is 0.600. The zero-order valence-electron chi connectivity index (χ0n) is 12.4. The highest BCUT2D eigenvalue weighted by molar-refractivity contribution is 7.07. The minimum absolute atomic E-state index is 0.0134. The van der Waals surface area contributed by atoms with Crippen LogP contribution in [0.25, 0.3) is 0 Å². The van der Waals surface area contributed by atoms with Crippen LogP contribution in [-0.2, 0) is 9.59 Å². The van der Waals surface area contributed by atoms with Crippen molar-refractivity contribution in [1.29, 1.82) is 0 Å². The van der Waals surface area contributed by atoms with Gasteiger partial charge in [0.2, 0.25) is 11.8 Å². The predicted molar refractivity (Wildman–Crippen MR) is 78.7 cm³/mol. The maximum atomic E-state index is 12.7. The number of carbonyl (C=O) groups is 2. The van der Waals surface area contributed by atoms with Gasteiger partial charge in [0.05, 0.1) is 12.0 Å². The average Bonchev–Trinajstić information content (AvgIpc) is 3.16. The molecule has 0 radical (unpaired) electrons. The molecule has 2 aliphatic heterocycles. The van der Waals surface area contributed by atoms with Crippen molar-refractivity contribution in [3.05, 3.63) is 22.4 Å². The first-order chi connectivity index (χ1) is 10.8. The van der Waals surface area contributed by atoms with Crippen LogP contribution < -0.4 is 0 Å². The van der Waals surface area contributed by atoms with Crippen molar-refractivity contribution in [2.75, 3.05) is 19.6 Å². The molecule has 0 aliphatic carbocycles. The van der Waals surface area contributed by atoms with E-state index in [4.69, 9.17) is 0 Å². The van der Waals surface area contributed by atoms with Crippen molar-refractivity contribution in [2.45, 2.75) is 31.5 Å². The van der Waals surface area contributed by atoms with E-state index in [2.05, 4.69) is 0 Å². The topological polar surface area (TPSA) is 40.6 Å². The van der Waals surface area contributed by atoms with Crippen molar-refractivity contribution in [3.63, 3.8) is 0 Å². The molecule has 2 fully saturated rings. The molecule has 0 N–H and O–H groups in total. The number of likely N-dealkylation sites (tertiary alicyclic amines) is 2. The second kappa shape index (κ2) is 6.14. The lowest BCUT2D eigenvalue weighted by Crippen LogP contribution is -2.38. The van der Waals surface area contributed by atoms with Gasteiger partial charge in [-0.1, -0.05) is 0 Å². The van der Waals surface area contributed by atoms with Gasteiger partial charge in [0, 0.05) is 19.5 Å². The highest BCUT2D eigenvalue weighted by atomic mass is 32.1. The molecule has 3 rings (SSSR count). The lowest BCUT2D eigenvalue weighted by Gasteiger charge is -2.27. The van der Waals surface area contributed by atoms with Gasteiger partial charge in [-0.2, -0.15) is 24.5 Å². The van der Waals surface area contributed by atoms with Crippen LogP contribution in [0.3, 0.4) is 0 Å². The van der Waals surface area contributed by atoms with Crippen LogP contribution in [0.4, 0.5) is 13.2 Å². The molecule has 1 aromatic heterocycles. The van der Waals surface area contributed by atoms with E-state index in [-0.39, 0.29) is 24.9 Å².